The van der Waals surface area contributed by atoms with Crippen LogP contribution in [0.25, 0.3) is 0 Å². The zero-order valence-electron chi connectivity index (χ0n) is 8.50. The van der Waals surface area contributed by atoms with Crippen molar-refractivity contribution < 1.29 is 9.47 Å². The molecular formula is C10H14INO2. The predicted octanol–water partition coefficient (Wildman–Crippen LogP) is 2.67. The Hall–Kier alpha value is -0.650. The molecular weight excluding hydrogens is 293 g/mol. The molecule has 0 heterocycles. The Morgan fingerprint density at radius 2 is 2.00 bits per heavy atom. The Morgan fingerprint density at radius 1 is 1.36 bits per heavy atom. The molecule has 0 amide bonds. The first-order valence-corrected chi connectivity index (χ1v) is 5.42. The highest BCUT2D eigenvalue weighted by Gasteiger charge is 2.12. The van der Waals surface area contributed by atoms with Gasteiger partial charge in [0, 0.05) is 3.57 Å². The first kappa shape index (κ1) is 11.4. The molecule has 1 aromatic carbocycles. The van der Waals surface area contributed by atoms with Gasteiger partial charge in [-0.3, -0.25) is 0 Å². The lowest BCUT2D eigenvalue weighted by Gasteiger charge is -2.16. The van der Waals surface area contributed by atoms with E-state index < -0.39 is 0 Å². The minimum absolute atomic E-state index is 0.0874. The van der Waals surface area contributed by atoms with Crippen molar-refractivity contribution in [1.82, 2.24) is 0 Å². The van der Waals surface area contributed by atoms with E-state index in [1.165, 1.54) is 0 Å². The van der Waals surface area contributed by atoms with Crippen LogP contribution in [0.2, 0.25) is 0 Å². The maximum Gasteiger partial charge on any atom is 0.185 e. The van der Waals surface area contributed by atoms with Crippen LogP contribution in [0.5, 0.6) is 11.5 Å². The number of ether oxygens (including phenoxy) is 2. The summed E-state index contributed by atoms with van der Waals surface area (Å²) in [6.07, 6.45) is 0.0874. The second-order valence-corrected chi connectivity index (χ2v) is 4.32. The quantitative estimate of drug-likeness (QED) is 0.690. The van der Waals surface area contributed by atoms with Gasteiger partial charge in [-0.2, -0.15) is 0 Å². The highest BCUT2D eigenvalue weighted by Crippen LogP contribution is 2.37. The number of hydrogen-bond acceptors (Lipinski definition) is 3. The minimum atomic E-state index is 0.0874. The Labute approximate surface area is 97.7 Å². The van der Waals surface area contributed by atoms with Gasteiger partial charge in [0.05, 0.1) is 18.9 Å². The third-order valence-corrected chi connectivity index (χ3v) is 2.62. The van der Waals surface area contributed by atoms with Gasteiger partial charge < -0.3 is 15.2 Å². The first-order chi connectivity index (χ1) is 6.56. The molecule has 0 bridgehead atoms. The number of rotatable bonds is 3. The molecule has 4 heteroatoms. The number of nitrogen functional groups attached to an aromatic ring is 1. The van der Waals surface area contributed by atoms with Crippen LogP contribution in [0, 0.1) is 3.57 Å². The molecule has 0 fully saturated rings. The number of anilines is 1. The van der Waals surface area contributed by atoms with Crippen molar-refractivity contribution in [3.8, 4) is 11.5 Å². The monoisotopic (exact) mass is 307 g/mol. The standard InChI is InChI=1S/C10H14INO2/c1-6(2)14-10-8(13-3)5-4-7(11)9(10)12/h4-6H,12H2,1-3H3. The summed E-state index contributed by atoms with van der Waals surface area (Å²) >= 11 is 2.17. The summed E-state index contributed by atoms with van der Waals surface area (Å²) in [5, 5.41) is 0. The zero-order chi connectivity index (χ0) is 10.7. The topological polar surface area (TPSA) is 44.5 Å². The molecule has 0 spiro atoms. The van der Waals surface area contributed by atoms with Gasteiger partial charge >= 0.3 is 0 Å². The largest absolute Gasteiger partial charge is 0.493 e. The Balaban J connectivity index is 3.14. The number of methoxy groups -OCH3 is 1. The number of benzene rings is 1. The van der Waals surface area contributed by atoms with Crippen LogP contribution in [-0.2, 0) is 0 Å². The van der Waals surface area contributed by atoms with Crippen molar-refractivity contribution in [2.45, 2.75) is 20.0 Å². The SMILES string of the molecule is COc1ccc(I)c(N)c1OC(C)C. The van der Waals surface area contributed by atoms with Crippen molar-refractivity contribution in [3.63, 3.8) is 0 Å². The summed E-state index contributed by atoms with van der Waals surface area (Å²) in [5.41, 5.74) is 6.53. The van der Waals surface area contributed by atoms with Crippen LogP contribution in [0.15, 0.2) is 12.1 Å². The van der Waals surface area contributed by atoms with E-state index in [9.17, 15) is 0 Å². The molecule has 1 rings (SSSR count). The van der Waals surface area contributed by atoms with Crippen molar-refractivity contribution in [1.29, 1.82) is 0 Å². The van der Waals surface area contributed by atoms with E-state index in [-0.39, 0.29) is 6.10 Å². The third-order valence-electron chi connectivity index (χ3n) is 1.68. The van der Waals surface area contributed by atoms with Crippen LogP contribution in [-0.4, -0.2) is 13.2 Å². The third kappa shape index (κ3) is 2.43. The number of hydrogen-bond donors (Lipinski definition) is 1. The highest BCUT2D eigenvalue weighted by molar-refractivity contribution is 14.1. The van der Waals surface area contributed by atoms with Gasteiger partial charge in [0.2, 0.25) is 0 Å². The lowest BCUT2D eigenvalue weighted by atomic mass is 10.2. The summed E-state index contributed by atoms with van der Waals surface area (Å²) in [7, 11) is 1.61. The van der Waals surface area contributed by atoms with E-state index in [0.29, 0.717) is 17.2 Å². The van der Waals surface area contributed by atoms with Crippen LogP contribution in [0.3, 0.4) is 0 Å². The predicted molar refractivity (Wildman–Crippen MR) is 65.9 cm³/mol. The van der Waals surface area contributed by atoms with Crippen LogP contribution in [0.4, 0.5) is 5.69 Å². The van der Waals surface area contributed by atoms with Gasteiger partial charge in [0.1, 0.15) is 0 Å². The van der Waals surface area contributed by atoms with Crippen molar-refractivity contribution in [3.05, 3.63) is 15.7 Å². The van der Waals surface area contributed by atoms with E-state index in [2.05, 4.69) is 22.6 Å². The van der Waals surface area contributed by atoms with Gasteiger partial charge in [0.15, 0.2) is 11.5 Å². The second kappa shape index (κ2) is 4.72. The molecule has 0 saturated carbocycles. The molecule has 0 radical (unpaired) electrons. The molecule has 2 N–H and O–H groups in total. The summed E-state index contributed by atoms with van der Waals surface area (Å²) in [6, 6.07) is 3.76. The van der Waals surface area contributed by atoms with Crippen molar-refractivity contribution in [2.75, 3.05) is 12.8 Å². The zero-order valence-corrected chi connectivity index (χ0v) is 10.7. The fraction of sp³-hybridized carbons (Fsp3) is 0.400. The maximum atomic E-state index is 5.89. The summed E-state index contributed by atoms with van der Waals surface area (Å²) in [5.74, 6) is 1.31. The smallest absolute Gasteiger partial charge is 0.185 e. The Bertz CT molecular complexity index is 326. The molecule has 0 atom stereocenters. The van der Waals surface area contributed by atoms with E-state index in [1.807, 2.05) is 26.0 Å². The molecule has 0 aliphatic rings. The lowest BCUT2D eigenvalue weighted by Crippen LogP contribution is -2.09. The van der Waals surface area contributed by atoms with Gasteiger partial charge in [-0.25, -0.2) is 0 Å². The molecule has 0 saturated heterocycles. The van der Waals surface area contributed by atoms with Gasteiger partial charge in [0.25, 0.3) is 0 Å². The average Bonchev–Trinajstić information content (AvgIpc) is 2.13. The number of nitrogens with two attached hydrogens (primary N) is 1. The molecule has 78 valence electrons. The molecule has 14 heavy (non-hydrogen) atoms. The summed E-state index contributed by atoms with van der Waals surface area (Å²) in [6.45, 7) is 3.91. The van der Waals surface area contributed by atoms with E-state index in [1.54, 1.807) is 7.11 Å². The van der Waals surface area contributed by atoms with Crippen molar-refractivity contribution in [2.24, 2.45) is 0 Å². The molecule has 0 aromatic heterocycles. The number of halogens is 1. The maximum absolute atomic E-state index is 5.89. The first-order valence-electron chi connectivity index (χ1n) is 4.35. The minimum Gasteiger partial charge on any atom is -0.493 e. The van der Waals surface area contributed by atoms with E-state index in [0.717, 1.165) is 3.57 Å². The Kier molecular flexibility index (Phi) is 3.86. The fourth-order valence-electron chi connectivity index (χ4n) is 1.07. The van der Waals surface area contributed by atoms with Gasteiger partial charge in [-0.05, 0) is 48.6 Å². The van der Waals surface area contributed by atoms with E-state index in [4.69, 9.17) is 15.2 Å². The normalized spacial score (nSPS) is 10.4. The Morgan fingerprint density at radius 3 is 2.50 bits per heavy atom. The molecule has 0 aliphatic heterocycles. The van der Waals surface area contributed by atoms with Gasteiger partial charge in [-0.15, -0.1) is 0 Å². The molecule has 0 aliphatic carbocycles. The molecule has 3 nitrogen and oxygen atoms in total. The summed E-state index contributed by atoms with van der Waals surface area (Å²) in [4.78, 5) is 0. The fourth-order valence-corrected chi connectivity index (χ4v) is 1.50. The van der Waals surface area contributed by atoms with E-state index >= 15 is 0 Å². The van der Waals surface area contributed by atoms with Crippen molar-refractivity contribution >= 4 is 28.3 Å². The van der Waals surface area contributed by atoms with Crippen LogP contribution in [0.1, 0.15) is 13.8 Å². The van der Waals surface area contributed by atoms with Crippen LogP contribution >= 0.6 is 22.6 Å². The summed E-state index contributed by atoms with van der Waals surface area (Å²) < 4.78 is 11.7. The van der Waals surface area contributed by atoms with Gasteiger partial charge in [-0.1, -0.05) is 0 Å². The van der Waals surface area contributed by atoms with Crippen LogP contribution < -0.4 is 15.2 Å². The highest BCUT2D eigenvalue weighted by atomic mass is 127. The lowest BCUT2D eigenvalue weighted by molar-refractivity contribution is 0.231. The molecule has 1 aromatic rings. The average molecular weight is 307 g/mol. The second-order valence-electron chi connectivity index (χ2n) is 3.16. The molecule has 0 unspecified atom stereocenters.